The minimum atomic E-state index is -0.926. The van der Waals surface area contributed by atoms with Crippen LogP contribution in [0.4, 0.5) is 0 Å². The van der Waals surface area contributed by atoms with E-state index < -0.39 is 11.9 Å². The Morgan fingerprint density at radius 3 is 2.55 bits per heavy atom. The Morgan fingerprint density at radius 1 is 1.25 bits per heavy atom. The number of ether oxygens (including phenoxy) is 1. The minimum absolute atomic E-state index is 0.0285. The largest absolute Gasteiger partial charge is 0.491 e. The van der Waals surface area contributed by atoms with E-state index in [-0.39, 0.29) is 6.61 Å². The van der Waals surface area contributed by atoms with Crippen LogP contribution >= 0.6 is 27.5 Å². The second-order valence-corrected chi connectivity index (χ2v) is 5.51. The number of hydrogen-bond acceptors (Lipinski definition) is 2. The third-order valence-electron chi connectivity index (χ3n) is 2.80. The molecular weight excluding hydrogens is 344 g/mol. The van der Waals surface area contributed by atoms with Crippen LogP contribution < -0.4 is 4.74 Å². The van der Waals surface area contributed by atoms with Crippen LogP contribution in [-0.2, 0) is 4.79 Å². The van der Waals surface area contributed by atoms with E-state index in [2.05, 4.69) is 15.9 Å². The maximum Gasteiger partial charge on any atom is 0.314 e. The molecule has 0 bridgehead atoms. The van der Waals surface area contributed by atoms with E-state index in [0.717, 1.165) is 4.47 Å². The molecule has 0 saturated carbocycles. The summed E-state index contributed by atoms with van der Waals surface area (Å²) in [6.07, 6.45) is 0. The average molecular weight is 356 g/mol. The molecule has 1 unspecified atom stereocenters. The molecule has 5 heteroatoms. The summed E-state index contributed by atoms with van der Waals surface area (Å²) in [6, 6.07) is 14.2. The second kappa shape index (κ2) is 6.77. The zero-order valence-corrected chi connectivity index (χ0v) is 12.8. The first-order chi connectivity index (χ1) is 9.58. The fourth-order valence-electron chi connectivity index (χ4n) is 1.76. The maximum atomic E-state index is 11.3. The highest BCUT2D eigenvalue weighted by Gasteiger charge is 2.20. The summed E-state index contributed by atoms with van der Waals surface area (Å²) < 4.78 is 6.38. The van der Waals surface area contributed by atoms with E-state index in [9.17, 15) is 9.90 Å². The van der Waals surface area contributed by atoms with E-state index >= 15 is 0 Å². The highest BCUT2D eigenvalue weighted by atomic mass is 79.9. The number of benzene rings is 2. The third kappa shape index (κ3) is 3.74. The number of halogens is 2. The number of carboxylic acid groups (broad SMARTS) is 1. The average Bonchev–Trinajstić information content (AvgIpc) is 2.42. The molecule has 0 amide bonds. The molecule has 2 rings (SSSR count). The molecule has 0 aliphatic carbocycles. The Labute approximate surface area is 130 Å². The minimum Gasteiger partial charge on any atom is -0.491 e. The van der Waals surface area contributed by atoms with Crippen LogP contribution in [0.25, 0.3) is 0 Å². The first kappa shape index (κ1) is 14.9. The van der Waals surface area contributed by atoms with Crippen LogP contribution in [0.1, 0.15) is 11.5 Å². The molecule has 2 aromatic rings. The molecule has 0 saturated heterocycles. The van der Waals surface area contributed by atoms with Gasteiger partial charge in [0.15, 0.2) is 0 Å². The van der Waals surface area contributed by atoms with Gasteiger partial charge in [0.05, 0.1) is 5.02 Å². The fraction of sp³-hybridized carbons (Fsp3) is 0.133. The van der Waals surface area contributed by atoms with Gasteiger partial charge in [-0.05, 0) is 23.8 Å². The first-order valence-electron chi connectivity index (χ1n) is 5.93. The van der Waals surface area contributed by atoms with Crippen LogP contribution in [-0.4, -0.2) is 17.7 Å². The van der Waals surface area contributed by atoms with Crippen molar-refractivity contribution in [1.82, 2.24) is 0 Å². The van der Waals surface area contributed by atoms with E-state index in [1.807, 2.05) is 6.07 Å². The quantitative estimate of drug-likeness (QED) is 0.867. The summed E-state index contributed by atoms with van der Waals surface area (Å²) in [5.74, 6) is -1.18. The predicted molar refractivity (Wildman–Crippen MR) is 81.5 cm³/mol. The van der Waals surface area contributed by atoms with Gasteiger partial charge >= 0.3 is 5.97 Å². The Hall–Kier alpha value is -1.52. The van der Waals surface area contributed by atoms with Gasteiger partial charge in [0.2, 0.25) is 0 Å². The van der Waals surface area contributed by atoms with Gasteiger partial charge in [-0.15, -0.1) is 0 Å². The molecule has 0 spiro atoms. The van der Waals surface area contributed by atoms with Crippen LogP contribution in [0.2, 0.25) is 5.02 Å². The van der Waals surface area contributed by atoms with Crippen LogP contribution in [0.3, 0.4) is 0 Å². The van der Waals surface area contributed by atoms with Gasteiger partial charge < -0.3 is 9.84 Å². The molecule has 3 nitrogen and oxygen atoms in total. The molecule has 2 aromatic carbocycles. The number of aliphatic carboxylic acids is 1. The number of hydrogen-bond donors (Lipinski definition) is 1. The van der Waals surface area contributed by atoms with Gasteiger partial charge in [0, 0.05) is 4.47 Å². The standard InChI is InChI=1S/C15H12BrClO3/c16-11-6-7-14(13(17)8-11)20-9-12(15(18)19)10-4-2-1-3-5-10/h1-8,12H,9H2,(H,18,19). The zero-order chi connectivity index (χ0) is 14.5. The lowest BCUT2D eigenvalue weighted by Gasteiger charge is -2.15. The normalized spacial score (nSPS) is 11.9. The van der Waals surface area contributed by atoms with Crippen LogP contribution in [0, 0.1) is 0 Å². The summed E-state index contributed by atoms with van der Waals surface area (Å²) >= 11 is 9.34. The van der Waals surface area contributed by atoms with Gasteiger partial charge in [0.25, 0.3) is 0 Å². The van der Waals surface area contributed by atoms with Gasteiger partial charge in [0.1, 0.15) is 18.3 Å². The van der Waals surface area contributed by atoms with Gasteiger partial charge in [-0.2, -0.15) is 0 Å². The smallest absolute Gasteiger partial charge is 0.314 e. The molecule has 0 heterocycles. The maximum absolute atomic E-state index is 11.3. The third-order valence-corrected chi connectivity index (χ3v) is 3.59. The predicted octanol–water partition coefficient (Wildman–Crippen LogP) is 4.35. The molecule has 104 valence electrons. The van der Waals surface area contributed by atoms with Crippen LogP contribution in [0.5, 0.6) is 5.75 Å². The van der Waals surface area contributed by atoms with E-state index in [1.54, 1.807) is 42.5 Å². The SMILES string of the molecule is O=C(O)C(COc1ccc(Br)cc1Cl)c1ccccc1. The zero-order valence-electron chi connectivity index (χ0n) is 10.4. The number of rotatable bonds is 5. The van der Waals surface area contributed by atoms with Crippen molar-refractivity contribution in [3.05, 3.63) is 63.6 Å². The van der Waals surface area contributed by atoms with Crippen molar-refractivity contribution in [2.75, 3.05) is 6.61 Å². The van der Waals surface area contributed by atoms with Gasteiger partial charge in [-0.3, -0.25) is 4.79 Å². The van der Waals surface area contributed by atoms with Crippen molar-refractivity contribution in [2.45, 2.75) is 5.92 Å². The molecular formula is C15H12BrClO3. The summed E-state index contributed by atoms with van der Waals surface area (Å²) in [4.78, 5) is 11.3. The summed E-state index contributed by atoms with van der Waals surface area (Å²) in [5, 5.41) is 9.74. The summed E-state index contributed by atoms with van der Waals surface area (Å²) in [7, 11) is 0. The monoisotopic (exact) mass is 354 g/mol. The number of carboxylic acids is 1. The molecule has 1 atom stereocenters. The Balaban J connectivity index is 2.12. The van der Waals surface area contributed by atoms with Crippen LogP contribution in [0.15, 0.2) is 53.0 Å². The molecule has 0 aliphatic rings. The van der Waals surface area contributed by atoms with E-state index in [1.165, 1.54) is 0 Å². The second-order valence-electron chi connectivity index (χ2n) is 4.19. The lowest BCUT2D eigenvalue weighted by Crippen LogP contribution is -2.19. The van der Waals surface area contributed by atoms with Crippen molar-refractivity contribution < 1.29 is 14.6 Å². The topological polar surface area (TPSA) is 46.5 Å². The lowest BCUT2D eigenvalue weighted by molar-refractivity contribution is -0.139. The Bertz CT molecular complexity index is 601. The van der Waals surface area contributed by atoms with Crippen molar-refractivity contribution in [1.29, 1.82) is 0 Å². The molecule has 20 heavy (non-hydrogen) atoms. The lowest BCUT2D eigenvalue weighted by atomic mass is 10.0. The Morgan fingerprint density at radius 2 is 1.95 bits per heavy atom. The van der Waals surface area contributed by atoms with E-state index in [4.69, 9.17) is 16.3 Å². The van der Waals surface area contributed by atoms with Crippen molar-refractivity contribution in [3.8, 4) is 5.75 Å². The van der Waals surface area contributed by atoms with Crippen molar-refractivity contribution in [2.24, 2.45) is 0 Å². The van der Waals surface area contributed by atoms with E-state index in [0.29, 0.717) is 16.3 Å². The molecule has 0 aromatic heterocycles. The molecule has 0 radical (unpaired) electrons. The summed E-state index contributed by atoms with van der Waals surface area (Å²) in [5.41, 5.74) is 0.702. The van der Waals surface area contributed by atoms with Crippen molar-refractivity contribution in [3.63, 3.8) is 0 Å². The molecule has 1 N–H and O–H groups in total. The first-order valence-corrected chi connectivity index (χ1v) is 7.10. The molecule has 0 fully saturated rings. The fourth-order valence-corrected chi connectivity index (χ4v) is 2.49. The van der Waals surface area contributed by atoms with Crippen molar-refractivity contribution >= 4 is 33.5 Å². The Kier molecular flexibility index (Phi) is 5.04. The summed E-state index contributed by atoms with van der Waals surface area (Å²) in [6.45, 7) is 0.0285. The highest BCUT2D eigenvalue weighted by Crippen LogP contribution is 2.29. The van der Waals surface area contributed by atoms with Gasteiger partial charge in [-0.1, -0.05) is 57.9 Å². The number of carbonyl (C=O) groups is 1. The molecule has 0 aliphatic heterocycles. The highest BCUT2D eigenvalue weighted by molar-refractivity contribution is 9.10. The van der Waals surface area contributed by atoms with Gasteiger partial charge in [-0.25, -0.2) is 0 Å².